The van der Waals surface area contributed by atoms with E-state index in [2.05, 4.69) is 15.0 Å². The first-order valence-corrected chi connectivity index (χ1v) is 6.05. The van der Waals surface area contributed by atoms with E-state index in [1.54, 1.807) is 10.3 Å². The van der Waals surface area contributed by atoms with E-state index in [9.17, 15) is 14.4 Å². The van der Waals surface area contributed by atoms with Gasteiger partial charge in [0.15, 0.2) is 5.13 Å². The molecule has 0 aromatic carbocycles. The van der Waals surface area contributed by atoms with Crippen molar-refractivity contribution in [1.29, 1.82) is 0 Å². The Bertz CT molecular complexity index is 483. The zero-order chi connectivity index (χ0) is 13.1. The molecule has 0 aliphatic carbocycles. The Kier molecular flexibility index (Phi) is 3.56. The molecule has 0 radical (unpaired) electrons. The Balaban J connectivity index is 2.07. The first kappa shape index (κ1) is 12.5. The maximum atomic E-state index is 11.2. The van der Waals surface area contributed by atoms with E-state index in [4.69, 9.17) is 0 Å². The Morgan fingerprint density at radius 2 is 2.17 bits per heavy atom. The van der Waals surface area contributed by atoms with Crippen LogP contribution >= 0.6 is 11.3 Å². The first-order valence-electron chi connectivity index (χ1n) is 5.17. The summed E-state index contributed by atoms with van der Waals surface area (Å²) in [7, 11) is 1.31. The van der Waals surface area contributed by atoms with Gasteiger partial charge in [0.2, 0.25) is 11.8 Å². The molecule has 1 fully saturated rings. The van der Waals surface area contributed by atoms with E-state index in [-0.39, 0.29) is 37.3 Å². The van der Waals surface area contributed by atoms with E-state index in [1.807, 2.05) is 0 Å². The molecule has 0 unspecified atom stereocenters. The highest BCUT2D eigenvalue weighted by atomic mass is 32.1. The summed E-state index contributed by atoms with van der Waals surface area (Å²) in [6, 6.07) is 0. The predicted molar refractivity (Wildman–Crippen MR) is 63.2 cm³/mol. The van der Waals surface area contributed by atoms with Crippen molar-refractivity contribution in [3.8, 4) is 0 Å². The van der Waals surface area contributed by atoms with Crippen LogP contribution < -0.4 is 10.2 Å². The van der Waals surface area contributed by atoms with E-state index < -0.39 is 0 Å². The van der Waals surface area contributed by atoms with Crippen LogP contribution in [-0.4, -0.2) is 43.0 Å². The average Bonchev–Trinajstić information content (AvgIpc) is 2.76. The number of esters is 1. The topological polar surface area (TPSA) is 88.6 Å². The molecule has 1 aromatic heterocycles. The highest BCUT2D eigenvalue weighted by molar-refractivity contribution is 7.13. The van der Waals surface area contributed by atoms with Crippen LogP contribution in [0, 0.1) is 0 Å². The number of carbonyl (C=O) groups excluding carboxylic acids is 3. The van der Waals surface area contributed by atoms with Crippen molar-refractivity contribution in [3.05, 3.63) is 11.1 Å². The Hall–Kier alpha value is -1.96. The van der Waals surface area contributed by atoms with Crippen molar-refractivity contribution in [2.45, 2.75) is 6.42 Å². The van der Waals surface area contributed by atoms with Crippen molar-refractivity contribution >= 4 is 34.3 Å². The summed E-state index contributed by atoms with van der Waals surface area (Å²) in [5.74, 6) is -1.08. The van der Waals surface area contributed by atoms with Gasteiger partial charge in [0.05, 0.1) is 19.2 Å². The molecule has 1 N–H and O–H groups in total. The molecule has 2 heterocycles. The highest BCUT2D eigenvalue weighted by Crippen LogP contribution is 2.21. The summed E-state index contributed by atoms with van der Waals surface area (Å²) in [5, 5.41) is 4.47. The number of nitrogens with one attached hydrogen (secondary N) is 1. The van der Waals surface area contributed by atoms with E-state index >= 15 is 0 Å². The third-order valence-electron chi connectivity index (χ3n) is 2.31. The van der Waals surface area contributed by atoms with Crippen LogP contribution in [0.25, 0.3) is 0 Å². The van der Waals surface area contributed by atoms with Gasteiger partial charge in [-0.15, -0.1) is 11.3 Å². The molecule has 0 spiro atoms. The second kappa shape index (κ2) is 5.13. The van der Waals surface area contributed by atoms with Gasteiger partial charge in [-0.2, -0.15) is 0 Å². The monoisotopic (exact) mass is 269 g/mol. The summed E-state index contributed by atoms with van der Waals surface area (Å²) in [6.07, 6.45) is 0.0843. The van der Waals surface area contributed by atoms with Gasteiger partial charge in [0.25, 0.3) is 0 Å². The number of piperazine rings is 1. The third kappa shape index (κ3) is 2.83. The Morgan fingerprint density at radius 3 is 2.78 bits per heavy atom. The number of aromatic nitrogens is 1. The van der Waals surface area contributed by atoms with Crippen LogP contribution in [0.2, 0.25) is 0 Å². The van der Waals surface area contributed by atoms with E-state index in [0.29, 0.717) is 10.8 Å². The lowest BCUT2D eigenvalue weighted by Gasteiger charge is -2.24. The number of rotatable bonds is 3. The number of ether oxygens (including phenoxy) is 1. The molecule has 0 saturated carbocycles. The van der Waals surface area contributed by atoms with Gasteiger partial charge in [-0.25, -0.2) is 4.98 Å². The fourth-order valence-corrected chi connectivity index (χ4v) is 2.34. The molecule has 18 heavy (non-hydrogen) atoms. The van der Waals surface area contributed by atoms with Crippen LogP contribution in [0.4, 0.5) is 5.13 Å². The minimum Gasteiger partial charge on any atom is -0.469 e. The van der Waals surface area contributed by atoms with Gasteiger partial charge in [0.1, 0.15) is 13.1 Å². The standard InChI is InChI=1S/C10H11N3O4S/c1-17-9(16)2-6-5-18-10(11-6)13-3-7(14)12-8(15)4-13/h5H,2-4H2,1H3,(H,12,14,15). The molecular formula is C10H11N3O4S. The Labute approximate surface area is 107 Å². The molecule has 8 heteroatoms. The molecule has 1 aliphatic heterocycles. The maximum Gasteiger partial charge on any atom is 0.311 e. The van der Waals surface area contributed by atoms with E-state index in [1.165, 1.54) is 18.4 Å². The summed E-state index contributed by atoms with van der Waals surface area (Å²) >= 11 is 1.29. The molecule has 0 atom stereocenters. The number of hydrogen-bond donors (Lipinski definition) is 1. The number of nitrogens with zero attached hydrogens (tertiary/aromatic N) is 2. The smallest absolute Gasteiger partial charge is 0.311 e. The number of methoxy groups -OCH3 is 1. The molecular weight excluding hydrogens is 258 g/mol. The van der Waals surface area contributed by atoms with Crippen LogP contribution in [0.1, 0.15) is 5.69 Å². The van der Waals surface area contributed by atoms with Crippen LogP contribution in [0.3, 0.4) is 0 Å². The summed E-state index contributed by atoms with van der Waals surface area (Å²) in [6.45, 7) is 0.188. The fraction of sp³-hybridized carbons (Fsp3) is 0.400. The Morgan fingerprint density at radius 1 is 1.50 bits per heavy atom. The number of hydrogen-bond acceptors (Lipinski definition) is 7. The average molecular weight is 269 g/mol. The van der Waals surface area contributed by atoms with Gasteiger partial charge in [-0.3, -0.25) is 19.7 Å². The van der Waals surface area contributed by atoms with Gasteiger partial charge in [-0.1, -0.05) is 0 Å². The quantitative estimate of drug-likeness (QED) is 0.578. The molecule has 1 aromatic rings. The number of anilines is 1. The lowest BCUT2D eigenvalue weighted by Crippen LogP contribution is -2.51. The van der Waals surface area contributed by atoms with Crippen molar-refractivity contribution in [2.75, 3.05) is 25.1 Å². The lowest BCUT2D eigenvalue weighted by molar-refractivity contribution is -0.140. The highest BCUT2D eigenvalue weighted by Gasteiger charge is 2.24. The van der Waals surface area contributed by atoms with E-state index in [0.717, 1.165) is 0 Å². The van der Waals surface area contributed by atoms with Gasteiger partial charge in [0, 0.05) is 5.38 Å². The van der Waals surface area contributed by atoms with Gasteiger partial charge < -0.3 is 9.64 Å². The predicted octanol–water partition coefficient (Wildman–Crippen LogP) is -0.679. The molecule has 2 amide bonds. The minimum atomic E-state index is -0.376. The van der Waals surface area contributed by atoms with Crippen molar-refractivity contribution in [3.63, 3.8) is 0 Å². The van der Waals surface area contributed by atoms with Gasteiger partial charge >= 0.3 is 5.97 Å². The molecule has 1 saturated heterocycles. The number of carbonyl (C=O) groups is 3. The van der Waals surface area contributed by atoms with Crippen LogP contribution in [0.15, 0.2) is 5.38 Å². The van der Waals surface area contributed by atoms with Gasteiger partial charge in [-0.05, 0) is 0 Å². The molecule has 0 bridgehead atoms. The second-order valence-corrected chi connectivity index (χ2v) is 4.54. The largest absolute Gasteiger partial charge is 0.469 e. The zero-order valence-electron chi connectivity index (χ0n) is 9.63. The fourth-order valence-electron chi connectivity index (χ4n) is 1.52. The molecule has 1 aliphatic rings. The van der Waals surface area contributed by atoms with Crippen LogP contribution in [0.5, 0.6) is 0 Å². The molecule has 2 rings (SSSR count). The van der Waals surface area contributed by atoms with Crippen molar-refractivity contribution < 1.29 is 19.1 Å². The number of thiazole rings is 1. The minimum absolute atomic E-state index is 0.0843. The normalized spacial score (nSPS) is 15.5. The van der Waals surface area contributed by atoms with Crippen LogP contribution in [-0.2, 0) is 25.5 Å². The molecule has 7 nitrogen and oxygen atoms in total. The summed E-state index contributed by atoms with van der Waals surface area (Å²) in [4.78, 5) is 39.3. The third-order valence-corrected chi connectivity index (χ3v) is 3.26. The van der Waals surface area contributed by atoms with Crippen molar-refractivity contribution in [1.82, 2.24) is 10.3 Å². The maximum absolute atomic E-state index is 11.2. The van der Waals surface area contributed by atoms with Crippen molar-refractivity contribution in [2.24, 2.45) is 0 Å². The first-order chi connectivity index (χ1) is 8.58. The summed E-state index contributed by atoms with van der Waals surface area (Å²) in [5.41, 5.74) is 0.570. The molecule has 96 valence electrons. The summed E-state index contributed by atoms with van der Waals surface area (Å²) < 4.78 is 4.54. The zero-order valence-corrected chi connectivity index (χ0v) is 10.5. The SMILES string of the molecule is COC(=O)Cc1csc(N2CC(=O)NC(=O)C2)n1. The lowest BCUT2D eigenvalue weighted by atomic mass is 10.3. The number of imide groups is 1. The second-order valence-electron chi connectivity index (χ2n) is 3.70. The number of amides is 2.